The number of rotatable bonds is 3. The third kappa shape index (κ3) is 2.61. The van der Waals surface area contributed by atoms with E-state index in [1.54, 1.807) is 36.8 Å². The van der Waals surface area contributed by atoms with Crippen molar-refractivity contribution in [1.82, 2.24) is 9.97 Å². The molecule has 0 aliphatic carbocycles. The van der Waals surface area contributed by atoms with Crippen molar-refractivity contribution < 1.29 is 4.74 Å². The molecule has 2 aromatic rings. The van der Waals surface area contributed by atoms with Gasteiger partial charge in [0.1, 0.15) is 6.61 Å². The number of aromatic nitrogens is 2. The molecule has 0 amide bonds. The lowest BCUT2D eigenvalue weighted by atomic mass is 10.2. The van der Waals surface area contributed by atoms with Crippen molar-refractivity contribution >= 4 is 17.3 Å². The molecule has 16 heavy (non-hydrogen) atoms. The fraction of sp³-hybridized carbons (Fsp3) is 0.0909. The number of nitrogen functional groups attached to an aromatic ring is 1. The highest BCUT2D eigenvalue weighted by Crippen LogP contribution is 2.20. The Balaban J connectivity index is 2.08. The van der Waals surface area contributed by atoms with Crippen LogP contribution in [0.1, 0.15) is 5.56 Å². The summed E-state index contributed by atoms with van der Waals surface area (Å²) in [6, 6.07) is 5.26. The van der Waals surface area contributed by atoms with Gasteiger partial charge in [-0.3, -0.25) is 4.98 Å². The lowest BCUT2D eigenvalue weighted by Gasteiger charge is -2.07. The Bertz CT molecular complexity index is 476. The van der Waals surface area contributed by atoms with Crippen molar-refractivity contribution in [2.75, 3.05) is 5.73 Å². The lowest BCUT2D eigenvalue weighted by molar-refractivity contribution is 0.292. The Morgan fingerprint density at radius 2 is 2.19 bits per heavy atom. The van der Waals surface area contributed by atoms with Gasteiger partial charge in [-0.25, -0.2) is 4.98 Å². The van der Waals surface area contributed by atoms with Crippen LogP contribution in [0, 0.1) is 0 Å². The number of halogens is 1. The molecule has 0 bridgehead atoms. The Labute approximate surface area is 98.0 Å². The van der Waals surface area contributed by atoms with Gasteiger partial charge in [0.2, 0.25) is 5.88 Å². The van der Waals surface area contributed by atoms with E-state index in [1.165, 1.54) is 0 Å². The summed E-state index contributed by atoms with van der Waals surface area (Å²) in [6.07, 6.45) is 4.69. The molecule has 82 valence electrons. The first-order valence-electron chi connectivity index (χ1n) is 4.68. The van der Waals surface area contributed by atoms with Gasteiger partial charge in [0.15, 0.2) is 0 Å². The van der Waals surface area contributed by atoms with E-state index < -0.39 is 0 Å². The molecule has 4 nitrogen and oxygen atoms in total. The molecule has 2 N–H and O–H groups in total. The van der Waals surface area contributed by atoms with Gasteiger partial charge in [0, 0.05) is 28.7 Å². The van der Waals surface area contributed by atoms with Crippen LogP contribution in [0.2, 0.25) is 5.02 Å². The molecular formula is C11H10ClN3O. The Morgan fingerprint density at radius 3 is 2.94 bits per heavy atom. The minimum Gasteiger partial charge on any atom is -0.472 e. The van der Waals surface area contributed by atoms with Crippen LogP contribution in [-0.4, -0.2) is 9.97 Å². The summed E-state index contributed by atoms with van der Waals surface area (Å²) >= 11 is 5.99. The van der Waals surface area contributed by atoms with Gasteiger partial charge in [0.05, 0.1) is 6.20 Å². The molecule has 1 aromatic carbocycles. The summed E-state index contributed by atoms with van der Waals surface area (Å²) < 4.78 is 5.41. The van der Waals surface area contributed by atoms with Crippen LogP contribution in [0.25, 0.3) is 0 Å². The van der Waals surface area contributed by atoms with Crippen molar-refractivity contribution in [2.45, 2.75) is 6.61 Å². The van der Waals surface area contributed by atoms with Gasteiger partial charge in [-0.1, -0.05) is 11.6 Å². The molecule has 0 atom stereocenters. The third-order valence-electron chi connectivity index (χ3n) is 1.98. The quantitative estimate of drug-likeness (QED) is 0.830. The highest BCUT2D eigenvalue weighted by Gasteiger charge is 2.02. The third-order valence-corrected chi connectivity index (χ3v) is 2.35. The van der Waals surface area contributed by atoms with E-state index in [4.69, 9.17) is 22.1 Å². The molecule has 0 radical (unpaired) electrons. The first-order chi connectivity index (χ1) is 7.75. The lowest BCUT2D eigenvalue weighted by Crippen LogP contribution is -1.99. The second kappa shape index (κ2) is 4.81. The average Bonchev–Trinajstić information content (AvgIpc) is 2.32. The average molecular weight is 236 g/mol. The predicted molar refractivity (Wildman–Crippen MR) is 62.2 cm³/mol. The van der Waals surface area contributed by atoms with E-state index in [0.717, 1.165) is 5.56 Å². The summed E-state index contributed by atoms with van der Waals surface area (Å²) in [5.41, 5.74) is 7.14. The Hall–Kier alpha value is -1.81. The molecule has 2 rings (SSSR count). The van der Waals surface area contributed by atoms with E-state index in [0.29, 0.717) is 23.2 Å². The topological polar surface area (TPSA) is 61.0 Å². The van der Waals surface area contributed by atoms with Crippen molar-refractivity contribution in [3.05, 3.63) is 47.4 Å². The van der Waals surface area contributed by atoms with Crippen LogP contribution < -0.4 is 10.5 Å². The zero-order chi connectivity index (χ0) is 11.4. The SMILES string of the molecule is Nc1ccc(Cl)c(COc2cnccn2)c1. The molecule has 0 spiro atoms. The maximum Gasteiger partial charge on any atom is 0.232 e. The summed E-state index contributed by atoms with van der Waals surface area (Å²) in [4.78, 5) is 7.88. The number of hydrogen-bond donors (Lipinski definition) is 1. The van der Waals surface area contributed by atoms with E-state index in [-0.39, 0.29) is 0 Å². The molecule has 1 heterocycles. The number of nitrogens with two attached hydrogens (primary N) is 1. The van der Waals surface area contributed by atoms with Gasteiger partial charge in [0.25, 0.3) is 0 Å². The molecule has 0 unspecified atom stereocenters. The van der Waals surface area contributed by atoms with Crippen LogP contribution in [-0.2, 0) is 6.61 Å². The number of anilines is 1. The minimum absolute atomic E-state index is 0.322. The molecule has 0 saturated heterocycles. The zero-order valence-corrected chi connectivity index (χ0v) is 9.19. The fourth-order valence-electron chi connectivity index (χ4n) is 1.22. The normalized spacial score (nSPS) is 10.1. The highest BCUT2D eigenvalue weighted by atomic mass is 35.5. The van der Waals surface area contributed by atoms with Crippen molar-refractivity contribution in [1.29, 1.82) is 0 Å². The predicted octanol–water partition coefficient (Wildman–Crippen LogP) is 2.29. The molecule has 0 aliphatic rings. The van der Waals surface area contributed by atoms with Gasteiger partial charge in [-0.05, 0) is 18.2 Å². The van der Waals surface area contributed by atoms with Crippen molar-refractivity contribution in [2.24, 2.45) is 0 Å². The first-order valence-corrected chi connectivity index (χ1v) is 5.06. The zero-order valence-electron chi connectivity index (χ0n) is 8.43. The van der Waals surface area contributed by atoms with Crippen LogP contribution in [0.4, 0.5) is 5.69 Å². The van der Waals surface area contributed by atoms with Crippen LogP contribution in [0.5, 0.6) is 5.88 Å². The van der Waals surface area contributed by atoms with E-state index >= 15 is 0 Å². The van der Waals surface area contributed by atoms with Gasteiger partial charge < -0.3 is 10.5 Å². The van der Waals surface area contributed by atoms with Crippen molar-refractivity contribution in [3.8, 4) is 5.88 Å². The molecule has 5 heteroatoms. The molecular weight excluding hydrogens is 226 g/mol. The molecule has 1 aromatic heterocycles. The number of ether oxygens (including phenoxy) is 1. The smallest absolute Gasteiger partial charge is 0.232 e. The second-order valence-corrected chi connectivity index (χ2v) is 3.59. The maximum absolute atomic E-state index is 5.99. The second-order valence-electron chi connectivity index (χ2n) is 3.18. The fourth-order valence-corrected chi connectivity index (χ4v) is 1.39. The summed E-state index contributed by atoms with van der Waals surface area (Å²) in [5.74, 6) is 0.459. The molecule has 0 saturated carbocycles. The number of hydrogen-bond acceptors (Lipinski definition) is 4. The summed E-state index contributed by atoms with van der Waals surface area (Å²) in [7, 11) is 0. The minimum atomic E-state index is 0.322. The van der Waals surface area contributed by atoms with Crippen LogP contribution in [0.3, 0.4) is 0 Å². The van der Waals surface area contributed by atoms with Gasteiger partial charge in [-0.2, -0.15) is 0 Å². The summed E-state index contributed by atoms with van der Waals surface area (Å²) in [6.45, 7) is 0.322. The van der Waals surface area contributed by atoms with E-state index in [9.17, 15) is 0 Å². The molecule has 0 aliphatic heterocycles. The van der Waals surface area contributed by atoms with Crippen molar-refractivity contribution in [3.63, 3.8) is 0 Å². The number of nitrogens with zero attached hydrogens (tertiary/aromatic N) is 2. The standard InChI is InChI=1S/C11H10ClN3O/c12-10-2-1-9(13)5-8(10)7-16-11-6-14-3-4-15-11/h1-6H,7,13H2. The van der Waals surface area contributed by atoms with Crippen LogP contribution >= 0.6 is 11.6 Å². The van der Waals surface area contributed by atoms with Gasteiger partial charge in [-0.15, -0.1) is 0 Å². The largest absolute Gasteiger partial charge is 0.472 e. The monoisotopic (exact) mass is 235 g/mol. The Morgan fingerprint density at radius 1 is 1.31 bits per heavy atom. The molecule has 0 fully saturated rings. The van der Waals surface area contributed by atoms with E-state index in [1.807, 2.05) is 0 Å². The number of benzene rings is 1. The Kier molecular flexibility index (Phi) is 3.22. The summed E-state index contributed by atoms with van der Waals surface area (Å²) in [5, 5.41) is 0.623. The maximum atomic E-state index is 5.99. The first kappa shape index (κ1) is 10.7. The van der Waals surface area contributed by atoms with Gasteiger partial charge >= 0.3 is 0 Å². The highest BCUT2D eigenvalue weighted by molar-refractivity contribution is 6.31. The van der Waals surface area contributed by atoms with E-state index in [2.05, 4.69) is 9.97 Å². The van der Waals surface area contributed by atoms with Crippen LogP contribution in [0.15, 0.2) is 36.8 Å².